The molecule has 1 fully saturated rings. The molecule has 0 amide bonds. The van der Waals surface area contributed by atoms with Crippen molar-refractivity contribution in [1.82, 2.24) is 5.32 Å². The van der Waals surface area contributed by atoms with Gasteiger partial charge in [-0.3, -0.25) is 0 Å². The van der Waals surface area contributed by atoms with Crippen LogP contribution >= 0.6 is 0 Å². The smallest absolute Gasteiger partial charge is 0 e. The van der Waals surface area contributed by atoms with Crippen molar-refractivity contribution >= 4 is 0 Å². The number of hydrogen-bond acceptors (Lipinski definition) is 1. The van der Waals surface area contributed by atoms with Gasteiger partial charge in [-0.2, -0.15) is 0 Å². The van der Waals surface area contributed by atoms with Crippen molar-refractivity contribution in [3.05, 3.63) is 6.42 Å². The summed E-state index contributed by atoms with van der Waals surface area (Å²) < 4.78 is 0. The maximum atomic E-state index is 3.26. The van der Waals surface area contributed by atoms with Gasteiger partial charge in [-0.05, 0) is 6.54 Å². The van der Waals surface area contributed by atoms with Gasteiger partial charge in [0.1, 0.15) is 0 Å². The zero-order valence-electron chi connectivity index (χ0n) is 6.08. The molecule has 0 aromatic carbocycles. The molecule has 3 heteroatoms. The van der Waals surface area contributed by atoms with Crippen LogP contribution in [-0.4, -0.2) is 13.1 Å². The van der Waals surface area contributed by atoms with Gasteiger partial charge in [-0.15, -0.1) is 12.0 Å². The molecule has 0 saturated carbocycles. The van der Waals surface area contributed by atoms with Crippen molar-refractivity contribution in [2.45, 2.75) is 13.8 Å². The minimum absolute atomic E-state index is 0. The van der Waals surface area contributed by atoms with E-state index in [4.69, 9.17) is 0 Å². The van der Waals surface area contributed by atoms with E-state index in [-0.39, 0.29) is 20.4 Å². The van der Waals surface area contributed by atoms with Crippen molar-refractivity contribution in [3.8, 4) is 0 Å². The van der Waals surface area contributed by atoms with E-state index < -0.39 is 0 Å². The van der Waals surface area contributed by atoms with Gasteiger partial charge in [0.2, 0.25) is 0 Å². The van der Waals surface area contributed by atoms with E-state index >= 15 is 0 Å². The summed E-state index contributed by atoms with van der Waals surface area (Å²) >= 11 is 0. The van der Waals surface area contributed by atoms with Crippen LogP contribution in [0.2, 0.25) is 0 Å². The van der Waals surface area contributed by atoms with Crippen LogP contribution in [0.25, 0.3) is 0 Å². The van der Waals surface area contributed by atoms with Crippen molar-refractivity contribution in [2.24, 2.45) is 5.41 Å². The zero-order chi connectivity index (χ0) is 5.33. The second-order valence-electron chi connectivity index (χ2n) is 2.82. The van der Waals surface area contributed by atoms with Gasteiger partial charge in [0.25, 0.3) is 0 Å². The van der Waals surface area contributed by atoms with Crippen LogP contribution in [0.5, 0.6) is 0 Å². The van der Waals surface area contributed by atoms with E-state index in [1.165, 1.54) is 0 Å². The average molecular weight is 551 g/mol. The molecule has 0 unspecified atom stereocenters. The minimum Gasteiger partial charge on any atom is -0.348 e. The topological polar surface area (TPSA) is 12.0 Å². The molecule has 1 saturated heterocycles. The van der Waals surface area contributed by atoms with Gasteiger partial charge in [0, 0.05) is 20.4 Å². The zero-order valence-corrected chi connectivity index (χ0v) is 15.2. The average Bonchev–Trinajstić information content (AvgIpc) is 1.84. The minimum atomic E-state index is 0. The largest absolute Gasteiger partial charge is 0.348 e. The van der Waals surface area contributed by atoms with E-state index in [1.807, 2.05) is 0 Å². The van der Waals surface area contributed by atoms with Gasteiger partial charge in [-0.1, -0.05) is 13.8 Å². The summed E-state index contributed by atoms with van der Waals surface area (Å²) in [6.07, 6.45) is 2.31. The molecule has 0 aromatic heterocycles. The van der Waals surface area contributed by atoms with Crippen LogP contribution in [0, 0.1) is 11.8 Å². The molecule has 1 heterocycles. The molecule has 0 atom stereocenters. The third kappa shape index (κ3) is 3.24. The normalized spacial score (nSPS) is 22.0. The van der Waals surface area contributed by atoms with Gasteiger partial charge in [0.05, 0.1) is 0 Å². The van der Waals surface area contributed by atoms with Crippen molar-refractivity contribution in [1.29, 1.82) is 0 Å². The standard InChI is InChI=1S/C6H12N.Re.Rf/c1-6(2)3-4-7-5-6;;/h3,7H,4-5H2,1-2H3;;/q-1;;. The first-order valence-corrected chi connectivity index (χ1v) is 2.76. The Morgan fingerprint density at radius 2 is 2.00 bits per heavy atom. The predicted molar refractivity (Wildman–Crippen MR) is 31.0 cm³/mol. The maximum Gasteiger partial charge on any atom is 0 e. The Bertz CT molecular complexity index is 67.5. The Morgan fingerprint density at radius 3 is 2.11 bits per heavy atom. The molecule has 1 radical (unpaired) electrons. The summed E-state index contributed by atoms with van der Waals surface area (Å²) in [6, 6.07) is 0. The Morgan fingerprint density at radius 1 is 1.44 bits per heavy atom. The summed E-state index contributed by atoms with van der Waals surface area (Å²) in [6.45, 7) is 6.72. The van der Waals surface area contributed by atoms with Crippen LogP contribution in [0.15, 0.2) is 0 Å². The molecule has 51 valence electrons. The Kier molecular flexibility index (Phi) is 4.58. The van der Waals surface area contributed by atoms with Crippen LogP contribution in [-0.2, 0) is 20.4 Å². The number of nitrogens with one attached hydrogen (secondary N) is 1. The van der Waals surface area contributed by atoms with Crippen LogP contribution in [0.4, 0.5) is 0 Å². The van der Waals surface area contributed by atoms with Crippen LogP contribution < -0.4 is 5.32 Å². The molecular formula is C6H12NReRf-. The van der Waals surface area contributed by atoms with Gasteiger partial charge >= 0.3 is 0 Å². The third-order valence-electron chi connectivity index (χ3n) is 1.38. The fourth-order valence-electron chi connectivity index (χ4n) is 0.815. The quantitative estimate of drug-likeness (QED) is 0.440. The summed E-state index contributed by atoms with van der Waals surface area (Å²) in [7, 11) is 0. The Balaban J connectivity index is 0. The third-order valence-corrected chi connectivity index (χ3v) is 1.38. The Labute approximate surface area is 64.9 Å². The first-order chi connectivity index (χ1) is 3.21. The molecule has 0 aromatic rings. The van der Waals surface area contributed by atoms with E-state index in [0.29, 0.717) is 5.41 Å². The molecule has 1 nitrogen and oxygen atoms in total. The van der Waals surface area contributed by atoms with Gasteiger partial charge in [-0.25, -0.2) is 0 Å². The summed E-state index contributed by atoms with van der Waals surface area (Å²) in [5, 5.41) is 3.26. The first kappa shape index (κ1) is 11.4. The SMILES string of the molecule is CC1(C)[CH-]CNC1.[Re].[Rf]. The van der Waals surface area contributed by atoms with E-state index in [9.17, 15) is 0 Å². The van der Waals surface area contributed by atoms with Crippen molar-refractivity contribution in [2.75, 3.05) is 13.1 Å². The number of rotatable bonds is 0. The summed E-state index contributed by atoms with van der Waals surface area (Å²) in [5.41, 5.74) is 0.458. The fourth-order valence-corrected chi connectivity index (χ4v) is 0.815. The van der Waals surface area contributed by atoms with Crippen LogP contribution in [0.3, 0.4) is 0 Å². The van der Waals surface area contributed by atoms with E-state index in [2.05, 4.69) is 25.6 Å². The van der Waals surface area contributed by atoms with Crippen LogP contribution in [0.1, 0.15) is 13.8 Å². The van der Waals surface area contributed by atoms with Crippen molar-refractivity contribution < 1.29 is 20.4 Å². The predicted octanol–water partition coefficient (Wildman–Crippen LogP) is 0.818. The number of hydrogen-bond donors (Lipinski definition) is 1. The molecular weight excluding hydrogens is 539 g/mol. The molecule has 1 aliphatic heterocycles. The van der Waals surface area contributed by atoms with E-state index in [0.717, 1.165) is 13.1 Å². The monoisotopic (exact) mass is 552 g/mol. The van der Waals surface area contributed by atoms with E-state index in [1.54, 1.807) is 0 Å². The molecule has 1 N–H and O–H groups in total. The molecule has 9 heavy (non-hydrogen) atoms. The molecule has 0 spiro atoms. The van der Waals surface area contributed by atoms with Crippen molar-refractivity contribution in [3.63, 3.8) is 0 Å². The Hall–Kier alpha value is -0.378. The maximum absolute atomic E-state index is 3.26. The second-order valence-corrected chi connectivity index (χ2v) is 2.82. The second kappa shape index (κ2) is 3.61. The molecule has 0 aliphatic carbocycles. The van der Waals surface area contributed by atoms with Gasteiger partial charge in [0.15, 0.2) is 0 Å². The molecule has 1 aliphatic rings. The molecule has 0 bridgehead atoms. The summed E-state index contributed by atoms with van der Waals surface area (Å²) in [5.74, 6) is 0. The molecule has 1 rings (SSSR count). The van der Waals surface area contributed by atoms with Gasteiger partial charge < -0.3 is 11.7 Å². The first-order valence-electron chi connectivity index (χ1n) is 2.76. The summed E-state index contributed by atoms with van der Waals surface area (Å²) in [4.78, 5) is 0. The fraction of sp³-hybridized carbons (Fsp3) is 0.833.